The molecule has 0 atom stereocenters. The van der Waals surface area contributed by atoms with Crippen LogP contribution in [0.4, 0.5) is 0 Å². The highest BCUT2D eigenvalue weighted by Gasteiger charge is 2.16. The van der Waals surface area contributed by atoms with Crippen molar-refractivity contribution in [1.29, 1.82) is 0 Å². The van der Waals surface area contributed by atoms with E-state index in [-0.39, 0.29) is 0 Å². The average molecular weight is 254 g/mol. The van der Waals surface area contributed by atoms with E-state index in [0.29, 0.717) is 5.96 Å². The van der Waals surface area contributed by atoms with E-state index >= 15 is 0 Å². The van der Waals surface area contributed by atoms with Crippen molar-refractivity contribution in [2.24, 2.45) is 10.7 Å². The summed E-state index contributed by atoms with van der Waals surface area (Å²) in [5.74, 6) is 0.595. The number of nitrogens with one attached hydrogen (secondary N) is 1. The summed E-state index contributed by atoms with van der Waals surface area (Å²) in [5, 5.41) is 3.18. The zero-order valence-electron chi connectivity index (χ0n) is 12.1. The van der Waals surface area contributed by atoms with Gasteiger partial charge in [0.05, 0.1) is 0 Å². The van der Waals surface area contributed by atoms with Crippen LogP contribution >= 0.6 is 0 Å². The molecule has 3 N–H and O–H groups in total. The molecule has 0 aromatic rings. The quantitative estimate of drug-likeness (QED) is 0.415. The SMILES string of the molecule is CCCN=C(N)NCCCN(C)C1CCCCC1. The Hall–Kier alpha value is -0.770. The second kappa shape index (κ2) is 9.20. The summed E-state index contributed by atoms with van der Waals surface area (Å²) in [6.45, 7) is 5.01. The van der Waals surface area contributed by atoms with Crippen molar-refractivity contribution in [3.8, 4) is 0 Å². The molecule has 1 aliphatic rings. The fraction of sp³-hybridized carbons (Fsp3) is 0.929. The minimum Gasteiger partial charge on any atom is -0.370 e. The molecule has 1 saturated carbocycles. The summed E-state index contributed by atoms with van der Waals surface area (Å²) in [4.78, 5) is 6.73. The molecule has 0 aromatic carbocycles. The average Bonchev–Trinajstić information content (AvgIpc) is 2.42. The van der Waals surface area contributed by atoms with Gasteiger partial charge in [-0.1, -0.05) is 26.2 Å². The van der Waals surface area contributed by atoms with Gasteiger partial charge in [0.2, 0.25) is 0 Å². The van der Waals surface area contributed by atoms with Crippen LogP contribution in [0.2, 0.25) is 0 Å². The molecule has 0 heterocycles. The van der Waals surface area contributed by atoms with E-state index in [9.17, 15) is 0 Å². The minimum absolute atomic E-state index is 0.595. The van der Waals surface area contributed by atoms with Crippen LogP contribution in [-0.4, -0.2) is 43.6 Å². The topological polar surface area (TPSA) is 53.6 Å². The second-order valence-corrected chi connectivity index (χ2v) is 5.32. The fourth-order valence-corrected chi connectivity index (χ4v) is 2.54. The molecule has 0 spiro atoms. The van der Waals surface area contributed by atoms with Crippen LogP contribution in [0.3, 0.4) is 0 Å². The molecule has 106 valence electrons. The van der Waals surface area contributed by atoms with Crippen molar-refractivity contribution in [1.82, 2.24) is 10.2 Å². The number of nitrogens with two attached hydrogens (primary N) is 1. The van der Waals surface area contributed by atoms with Crippen LogP contribution < -0.4 is 11.1 Å². The highest BCUT2D eigenvalue weighted by molar-refractivity contribution is 5.77. The third-order valence-corrected chi connectivity index (χ3v) is 3.70. The van der Waals surface area contributed by atoms with Gasteiger partial charge < -0.3 is 16.0 Å². The third kappa shape index (κ3) is 6.24. The van der Waals surface area contributed by atoms with Gasteiger partial charge in [-0.3, -0.25) is 4.99 Å². The number of hydrogen-bond donors (Lipinski definition) is 2. The molecule has 1 fully saturated rings. The smallest absolute Gasteiger partial charge is 0.188 e. The largest absolute Gasteiger partial charge is 0.370 e. The summed E-state index contributed by atoms with van der Waals surface area (Å²) >= 11 is 0. The normalized spacial score (nSPS) is 18.3. The van der Waals surface area contributed by atoms with Crippen molar-refractivity contribution < 1.29 is 0 Å². The highest BCUT2D eigenvalue weighted by Crippen LogP contribution is 2.21. The second-order valence-electron chi connectivity index (χ2n) is 5.32. The van der Waals surface area contributed by atoms with Gasteiger partial charge in [0.15, 0.2) is 5.96 Å². The van der Waals surface area contributed by atoms with E-state index in [1.54, 1.807) is 0 Å². The standard InChI is InChI=1S/C14H30N4/c1-3-10-16-14(15)17-11-7-12-18(2)13-8-5-4-6-9-13/h13H,3-12H2,1-2H3,(H3,15,16,17). The van der Waals surface area contributed by atoms with E-state index in [1.807, 2.05) is 0 Å². The molecule has 4 nitrogen and oxygen atoms in total. The molecule has 0 aliphatic heterocycles. The Bertz CT molecular complexity index is 234. The van der Waals surface area contributed by atoms with Crippen molar-refractivity contribution in [3.05, 3.63) is 0 Å². The van der Waals surface area contributed by atoms with E-state index in [2.05, 4.69) is 29.2 Å². The van der Waals surface area contributed by atoms with Gasteiger partial charge in [0, 0.05) is 19.1 Å². The maximum Gasteiger partial charge on any atom is 0.188 e. The molecule has 0 aromatic heterocycles. The minimum atomic E-state index is 0.595. The molecular weight excluding hydrogens is 224 g/mol. The number of nitrogens with zero attached hydrogens (tertiary/aromatic N) is 2. The van der Waals surface area contributed by atoms with Crippen LogP contribution in [0.15, 0.2) is 4.99 Å². The van der Waals surface area contributed by atoms with E-state index in [4.69, 9.17) is 5.73 Å². The molecule has 1 aliphatic carbocycles. The first kappa shape index (κ1) is 15.3. The van der Waals surface area contributed by atoms with Crippen molar-refractivity contribution in [3.63, 3.8) is 0 Å². The maximum absolute atomic E-state index is 5.74. The Balaban J connectivity index is 2.06. The van der Waals surface area contributed by atoms with Crippen LogP contribution in [0.25, 0.3) is 0 Å². The third-order valence-electron chi connectivity index (χ3n) is 3.70. The van der Waals surface area contributed by atoms with Crippen molar-refractivity contribution in [2.75, 3.05) is 26.7 Å². The predicted molar refractivity (Wildman–Crippen MR) is 78.9 cm³/mol. The van der Waals surface area contributed by atoms with Crippen LogP contribution in [-0.2, 0) is 0 Å². The zero-order valence-corrected chi connectivity index (χ0v) is 12.1. The first-order valence-electron chi connectivity index (χ1n) is 7.48. The molecule has 0 unspecified atom stereocenters. The Kier molecular flexibility index (Phi) is 7.81. The molecule has 1 rings (SSSR count). The molecule has 0 bridgehead atoms. The molecule has 0 radical (unpaired) electrons. The number of hydrogen-bond acceptors (Lipinski definition) is 2. The molecule has 0 amide bonds. The Morgan fingerprint density at radius 2 is 2.06 bits per heavy atom. The number of rotatable bonds is 7. The van der Waals surface area contributed by atoms with E-state index in [0.717, 1.165) is 38.5 Å². The van der Waals surface area contributed by atoms with E-state index < -0.39 is 0 Å². The summed E-state index contributed by atoms with van der Waals surface area (Å²) in [7, 11) is 2.25. The van der Waals surface area contributed by atoms with Gasteiger partial charge in [-0.05, 0) is 39.3 Å². The lowest BCUT2D eigenvalue weighted by molar-refractivity contribution is 0.190. The van der Waals surface area contributed by atoms with Gasteiger partial charge in [0.25, 0.3) is 0 Å². The van der Waals surface area contributed by atoms with Crippen LogP contribution in [0.5, 0.6) is 0 Å². The lowest BCUT2D eigenvalue weighted by Gasteiger charge is -2.31. The zero-order chi connectivity index (χ0) is 13.2. The van der Waals surface area contributed by atoms with Crippen LogP contribution in [0, 0.1) is 0 Å². The molecular formula is C14H30N4. The van der Waals surface area contributed by atoms with Gasteiger partial charge >= 0.3 is 0 Å². The van der Waals surface area contributed by atoms with Crippen molar-refractivity contribution in [2.45, 2.75) is 57.9 Å². The maximum atomic E-state index is 5.74. The summed E-state index contributed by atoms with van der Waals surface area (Å²) in [6.07, 6.45) is 9.18. The molecule has 4 heteroatoms. The first-order valence-corrected chi connectivity index (χ1v) is 7.48. The Labute approximate surface area is 112 Å². The van der Waals surface area contributed by atoms with Crippen molar-refractivity contribution >= 4 is 5.96 Å². The summed E-state index contributed by atoms with van der Waals surface area (Å²) in [5.41, 5.74) is 5.74. The van der Waals surface area contributed by atoms with Crippen LogP contribution in [0.1, 0.15) is 51.9 Å². The fourth-order valence-electron chi connectivity index (χ4n) is 2.54. The summed E-state index contributed by atoms with van der Waals surface area (Å²) in [6, 6.07) is 0.810. The van der Waals surface area contributed by atoms with E-state index in [1.165, 1.54) is 32.1 Å². The predicted octanol–water partition coefficient (Wildman–Crippen LogP) is 1.96. The van der Waals surface area contributed by atoms with Gasteiger partial charge in [-0.25, -0.2) is 0 Å². The lowest BCUT2D eigenvalue weighted by Crippen LogP contribution is -2.37. The first-order chi connectivity index (χ1) is 8.74. The Morgan fingerprint density at radius 1 is 1.33 bits per heavy atom. The molecule has 0 saturated heterocycles. The Morgan fingerprint density at radius 3 is 2.72 bits per heavy atom. The summed E-state index contributed by atoms with van der Waals surface area (Å²) < 4.78 is 0. The lowest BCUT2D eigenvalue weighted by atomic mass is 9.94. The highest BCUT2D eigenvalue weighted by atomic mass is 15.1. The van der Waals surface area contributed by atoms with Gasteiger partial charge in [-0.15, -0.1) is 0 Å². The molecule has 18 heavy (non-hydrogen) atoms. The number of guanidine groups is 1. The number of aliphatic imine (C=N–C) groups is 1. The van der Waals surface area contributed by atoms with Gasteiger partial charge in [-0.2, -0.15) is 0 Å². The van der Waals surface area contributed by atoms with Gasteiger partial charge in [0.1, 0.15) is 0 Å². The monoisotopic (exact) mass is 254 g/mol.